The Labute approximate surface area is 128 Å². The summed E-state index contributed by atoms with van der Waals surface area (Å²) >= 11 is 0. The first-order chi connectivity index (χ1) is 9.85. The molecule has 0 fully saturated rings. The predicted octanol–water partition coefficient (Wildman–Crippen LogP) is 4.95. The van der Waals surface area contributed by atoms with Crippen molar-refractivity contribution in [2.45, 2.75) is 52.2 Å². The van der Waals surface area contributed by atoms with Gasteiger partial charge in [-0.2, -0.15) is 0 Å². The molecule has 1 aromatic rings. The molecule has 0 saturated heterocycles. The van der Waals surface area contributed by atoms with E-state index in [2.05, 4.69) is 6.58 Å². The first-order valence-corrected chi connectivity index (χ1v) is 7.50. The minimum absolute atomic E-state index is 0.00846. The van der Waals surface area contributed by atoms with Gasteiger partial charge in [0.05, 0.1) is 6.04 Å². The first-order valence-electron chi connectivity index (χ1n) is 7.50. The van der Waals surface area contributed by atoms with Gasteiger partial charge in [-0.05, 0) is 46.1 Å². The van der Waals surface area contributed by atoms with Gasteiger partial charge in [-0.25, -0.2) is 4.79 Å². The largest absolute Gasteiger partial charge is 0.444 e. The van der Waals surface area contributed by atoms with Crippen molar-refractivity contribution in [2.24, 2.45) is 0 Å². The Bertz CT molecular complexity index is 448. The molecule has 0 aromatic heterocycles. The summed E-state index contributed by atoms with van der Waals surface area (Å²) in [5, 5.41) is 0. The van der Waals surface area contributed by atoms with Crippen molar-refractivity contribution in [2.75, 3.05) is 6.54 Å². The number of amides is 1. The first kappa shape index (κ1) is 17.3. The fraction of sp³-hybridized carbons (Fsp3) is 0.500. The maximum Gasteiger partial charge on any atom is 0.410 e. The molecule has 21 heavy (non-hydrogen) atoms. The summed E-state index contributed by atoms with van der Waals surface area (Å²) in [6, 6.07) is 10.0. The van der Waals surface area contributed by atoms with Crippen LogP contribution in [0.3, 0.4) is 0 Å². The summed E-state index contributed by atoms with van der Waals surface area (Å²) in [4.78, 5) is 14.2. The average molecular weight is 289 g/mol. The van der Waals surface area contributed by atoms with E-state index in [1.54, 1.807) is 4.90 Å². The van der Waals surface area contributed by atoms with Crippen LogP contribution in [0.1, 0.15) is 52.1 Å². The minimum atomic E-state index is -0.482. The summed E-state index contributed by atoms with van der Waals surface area (Å²) in [5.74, 6) is 0. The van der Waals surface area contributed by atoms with E-state index in [1.165, 1.54) is 0 Å². The van der Waals surface area contributed by atoms with Crippen LogP contribution >= 0.6 is 0 Å². The van der Waals surface area contributed by atoms with Gasteiger partial charge in [0.15, 0.2) is 0 Å². The van der Waals surface area contributed by atoms with E-state index < -0.39 is 5.60 Å². The maximum atomic E-state index is 12.4. The van der Waals surface area contributed by atoms with Gasteiger partial charge in [0, 0.05) is 6.54 Å². The topological polar surface area (TPSA) is 29.5 Å². The normalized spacial score (nSPS) is 12.6. The molecule has 116 valence electrons. The van der Waals surface area contributed by atoms with Gasteiger partial charge in [-0.1, -0.05) is 36.4 Å². The molecule has 0 bridgehead atoms. The summed E-state index contributed by atoms with van der Waals surface area (Å²) in [5.41, 5.74) is 0.631. The third kappa shape index (κ3) is 6.03. The molecule has 0 spiro atoms. The Morgan fingerprint density at radius 2 is 1.95 bits per heavy atom. The molecule has 0 aliphatic carbocycles. The van der Waals surface area contributed by atoms with Crippen molar-refractivity contribution in [3.8, 4) is 0 Å². The van der Waals surface area contributed by atoms with Gasteiger partial charge in [0.25, 0.3) is 0 Å². The highest BCUT2D eigenvalue weighted by atomic mass is 16.6. The highest BCUT2D eigenvalue weighted by molar-refractivity contribution is 5.68. The Balaban J connectivity index is 2.85. The van der Waals surface area contributed by atoms with Crippen molar-refractivity contribution in [3.05, 3.63) is 48.6 Å². The third-order valence-corrected chi connectivity index (χ3v) is 3.18. The number of carbonyl (C=O) groups is 1. The molecule has 1 atom stereocenters. The molecular formula is C18H27NO2. The van der Waals surface area contributed by atoms with Crippen molar-refractivity contribution in [3.63, 3.8) is 0 Å². The molecule has 0 N–H and O–H groups in total. The van der Waals surface area contributed by atoms with Crippen LogP contribution in [-0.2, 0) is 4.74 Å². The van der Waals surface area contributed by atoms with E-state index in [4.69, 9.17) is 4.74 Å². The smallest absolute Gasteiger partial charge is 0.410 e. The van der Waals surface area contributed by atoms with E-state index in [0.717, 1.165) is 18.4 Å². The molecule has 0 unspecified atom stereocenters. The van der Waals surface area contributed by atoms with Crippen molar-refractivity contribution in [1.82, 2.24) is 4.90 Å². The molecule has 1 amide bonds. The van der Waals surface area contributed by atoms with E-state index in [-0.39, 0.29) is 12.1 Å². The van der Waals surface area contributed by atoms with Crippen molar-refractivity contribution in [1.29, 1.82) is 0 Å². The molecule has 0 heterocycles. The lowest BCUT2D eigenvalue weighted by atomic mass is 10.1. The summed E-state index contributed by atoms with van der Waals surface area (Å²) in [7, 11) is 0. The average Bonchev–Trinajstić information content (AvgIpc) is 2.42. The monoisotopic (exact) mass is 289 g/mol. The predicted molar refractivity (Wildman–Crippen MR) is 87.2 cm³/mol. The summed E-state index contributed by atoms with van der Waals surface area (Å²) in [6.07, 6.45) is 3.39. The zero-order chi connectivity index (χ0) is 15.9. The Morgan fingerprint density at radius 1 is 1.33 bits per heavy atom. The fourth-order valence-corrected chi connectivity index (χ4v) is 2.08. The van der Waals surface area contributed by atoms with E-state index in [9.17, 15) is 4.79 Å². The maximum absolute atomic E-state index is 12.4. The van der Waals surface area contributed by atoms with Gasteiger partial charge in [-0.15, -0.1) is 6.58 Å². The zero-order valence-corrected chi connectivity index (χ0v) is 13.6. The lowest BCUT2D eigenvalue weighted by Crippen LogP contribution is -2.39. The number of ether oxygens (including phenoxy) is 1. The van der Waals surface area contributed by atoms with E-state index >= 15 is 0 Å². The molecule has 0 saturated carbocycles. The Kier molecular flexibility index (Phi) is 6.47. The zero-order valence-electron chi connectivity index (χ0n) is 13.6. The Morgan fingerprint density at radius 3 is 2.48 bits per heavy atom. The van der Waals surface area contributed by atoms with E-state index in [1.807, 2.05) is 64.1 Å². The number of benzene rings is 1. The second kappa shape index (κ2) is 7.87. The van der Waals surface area contributed by atoms with E-state index in [0.29, 0.717) is 6.54 Å². The highest BCUT2D eigenvalue weighted by Crippen LogP contribution is 2.23. The number of hydrogen-bond acceptors (Lipinski definition) is 2. The van der Waals surface area contributed by atoms with Crippen LogP contribution in [0.15, 0.2) is 43.0 Å². The number of hydrogen-bond donors (Lipinski definition) is 0. The molecule has 1 aromatic carbocycles. The lowest BCUT2D eigenvalue weighted by Gasteiger charge is -2.32. The van der Waals surface area contributed by atoms with Gasteiger partial charge in [0.2, 0.25) is 0 Å². The molecule has 0 aliphatic rings. The van der Waals surface area contributed by atoms with Crippen molar-refractivity contribution >= 4 is 6.09 Å². The van der Waals surface area contributed by atoms with Crippen molar-refractivity contribution < 1.29 is 9.53 Å². The second-order valence-corrected chi connectivity index (χ2v) is 6.19. The quantitative estimate of drug-likeness (QED) is 0.547. The number of nitrogens with zero attached hydrogens (tertiary/aromatic N) is 1. The van der Waals surface area contributed by atoms with Crippen LogP contribution in [0.2, 0.25) is 0 Å². The third-order valence-electron chi connectivity index (χ3n) is 3.18. The molecule has 3 nitrogen and oxygen atoms in total. The summed E-state index contributed by atoms with van der Waals surface area (Å²) < 4.78 is 5.53. The number of rotatable bonds is 6. The summed E-state index contributed by atoms with van der Waals surface area (Å²) in [6.45, 7) is 12.1. The number of carbonyl (C=O) groups excluding carboxylic acids is 1. The van der Waals surface area contributed by atoms with Crippen LogP contribution in [0.4, 0.5) is 4.79 Å². The number of unbranched alkanes of at least 4 members (excludes halogenated alkanes) is 1. The SMILES string of the molecule is C=CCCCN(C(=O)OC(C)(C)C)[C@H](C)c1ccccc1. The van der Waals surface area contributed by atoms with Crippen LogP contribution in [0.5, 0.6) is 0 Å². The second-order valence-electron chi connectivity index (χ2n) is 6.19. The highest BCUT2D eigenvalue weighted by Gasteiger charge is 2.26. The van der Waals surface area contributed by atoms with Crippen LogP contribution in [0, 0.1) is 0 Å². The van der Waals surface area contributed by atoms with Crippen LogP contribution in [0.25, 0.3) is 0 Å². The fourth-order valence-electron chi connectivity index (χ4n) is 2.08. The van der Waals surface area contributed by atoms with Gasteiger partial charge in [-0.3, -0.25) is 0 Å². The molecule has 0 radical (unpaired) electrons. The van der Waals surface area contributed by atoms with Crippen LogP contribution in [-0.4, -0.2) is 23.1 Å². The standard InChI is InChI=1S/C18H27NO2/c1-6-7-11-14-19(17(20)21-18(3,4)5)15(2)16-12-9-8-10-13-16/h6,8-10,12-13,15H,1,7,11,14H2,2-5H3/t15-/m1/s1. The molecule has 3 heteroatoms. The van der Waals surface area contributed by atoms with Gasteiger partial charge < -0.3 is 9.64 Å². The molecule has 0 aliphatic heterocycles. The Hall–Kier alpha value is -1.77. The van der Waals surface area contributed by atoms with Gasteiger partial charge >= 0.3 is 6.09 Å². The molecule has 1 rings (SSSR count). The molecular weight excluding hydrogens is 262 g/mol. The number of allylic oxidation sites excluding steroid dienone is 1. The lowest BCUT2D eigenvalue weighted by molar-refractivity contribution is 0.0171. The van der Waals surface area contributed by atoms with Gasteiger partial charge in [0.1, 0.15) is 5.60 Å². The minimum Gasteiger partial charge on any atom is -0.444 e. The van der Waals surface area contributed by atoms with Crippen LogP contribution < -0.4 is 0 Å².